The lowest BCUT2D eigenvalue weighted by Crippen LogP contribution is -2.13. The van der Waals surface area contributed by atoms with E-state index in [-0.39, 0.29) is 17.3 Å². The average molecular weight is 388 g/mol. The van der Waals surface area contributed by atoms with E-state index in [1.165, 1.54) is 6.07 Å². The van der Waals surface area contributed by atoms with Crippen molar-refractivity contribution < 1.29 is 17.9 Å². The van der Waals surface area contributed by atoms with Crippen molar-refractivity contribution in [2.45, 2.75) is 51.9 Å². The zero-order chi connectivity index (χ0) is 20.1. The highest BCUT2D eigenvalue weighted by Gasteiger charge is 2.23. The van der Waals surface area contributed by atoms with Crippen LogP contribution in [0, 0.1) is 23.4 Å². The maximum atomic E-state index is 14.4. The molecule has 1 saturated carbocycles. The first-order valence-corrected chi connectivity index (χ1v) is 10.1. The Bertz CT molecular complexity index is 836. The second kappa shape index (κ2) is 9.31. The van der Waals surface area contributed by atoms with Crippen molar-refractivity contribution in [2.24, 2.45) is 5.92 Å². The molecular weight excluding hydrogens is 361 g/mol. The van der Waals surface area contributed by atoms with Crippen LogP contribution in [0.3, 0.4) is 0 Å². The molecule has 0 aromatic heterocycles. The fourth-order valence-electron chi connectivity index (χ4n) is 3.96. The summed E-state index contributed by atoms with van der Waals surface area (Å²) in [5, 5.41) is 0. The third-order valence-corrected chi connectivity index (χ3v) is 5.62. The number of hydrogen-bond donors (Lipinski definition) is 0. The van der Waals surface area contributed by atoms with Gasteiger partial charge >= 0.3 is 0 Å². The van der Waals surface area contributed by atoms with Crippen LogP contribution in [0.1, 0.15) is 62.1 Å². The van der Waals surface area contributed by atoms with Crippen LogP contribution in [-0.4, -0.2) is 6.61 Å². The fourth-order valence-corrected chi connectivity index (χ4v) is 3.96. The first-order chi connectivity index (χ1) is 13.5. The number of aryl methyl sites for hydroxylation is 1. The minimum Gasteiger partial charge on any atom is -0.494 e. The van der Waals surface area contributed by atoms with E-state index in [1.807, 2.05) is 25.1 Å². The van der Waals surface area contributed by atoms with Gasteiger partial charge in [0.15, 0.2) is 11.6 Å². The number of allylic oxidation sites excluding steroid dienone is 1. The predicted octanol–water partition coefficient (Wildman–Crippen LogP) is 7.05. The van der Waals surface area contributed by atoms with E-state index >= 15 is 0 Å². The standard InChI is InChI=1S/C24H27F3O/c1-3-17-11-12-19(24(27)23(17)26)10-7-16-5-8-18(9-6-16)21-14-13-20(28-4-2)15-22(21)25/h7,10-16,18H,3-6,8-9H2,1-2H3/b10-7+. The first kappa shape index (κ1) is 20.5. The lowest BCUT2D eigenvalue weighted by molar-refractivity contribution is 0.336. The molecule has 2 aromatic carbocycles. The van der Waals surface area contributed by atoms with Crippen LogP contribution in [0.15, 0.2) is 36.4 Å². The van der Waals surface area contributed by atoms with Gasteiger partial charge in [-0.3, -0.25) is 0 Å². The summed E-state index contributed by atoms with van der Waals surface area (Å²) >= 11 is 0. The highest BCUT2D eigenvalue weighted by Crippen LogP contribution is 2.38. The lowest BCUT2D eigenvalue weighted by atomic mass is 9.78. The van der Waals surface area contributed by atoms with Gasteiger partial charge in [-0.2, -0.15) is 0 Å². The molecular formula is C24H27F3O. The third-order valence-electron chi connectivity index (χ3n) is 5.62. The summed E-state index contributed by atoms with van der Waals surface area (Å²) in [5.41, 5.74) is 1.43. The Hall–Kier alpha value is -2.23. The molecule has 1 aliphatic rings. The lowest BCUT2D eigenvalue weighted by Gasteiger charge is -2.27. The smallest absolute Gasteiger partial charge is 0.166 e. The van der Waals surface area contributed by atoms with Gasteiger partial charge in [-0.1, -0.05) is 37.3 Å². The summed E-state index contributed by atoms with van der Waals surface area (Å²) in [6, 6.07) is 8.39. The van der Waals surface area contributed by atoms with Crippen LogP contribution in [0.2, 0.25) is 0 Å². The van der Waals surface area contributed by atoms with Gasteiger partial charge in [-0.15, -0.1) is 0 Å². The third kappa shape index (κ3) is 4.60. The Balaban J connectivity index is 1.61. The molecule has 1 nitrogen and oxygen atoms in total. The zero-order valence-electron chi connectivity index (χ0n) is 16.5. The minimum atomic E-state index is -0.777. The van der Waals surface area contributed by atoms with Crippen LogP contribution < -0.4 is 4.74 Å². The van der Waals surface area contributed by atoms with Crippen LogP contribution >= 0.6 is 0 Å². The molecule has 0 bridgehead atoms. The number of ether oxygens (including phenoxy) is 1. The van der Waals surface area contributed by atoms with Crippen molar-refractivity contribution in [1.82, 2.24) is 0 Å². The second-order valence-electron chi connectivity index (χ2n) is 7.38. The molecule has 4 heteroatoms. The van der Waals surface area contributed by atoms with Crippen LogP contribution in [0.5, 0.6) is 5.75 Å². The molecule has 150 valence electrons. The van der Waals surface area contributed by atoms with Crippen molar-refractivity contribution in [3.63, 3.8) is 0 Å². The Morgan fingerprint density at radius 1 is 0.964 bits per heavy atom. The average Bonchev–Trinajstić information content (AvgIpc) is 2.70. The molecule has 0 N–H and O–H groups in total. The van der Waals surface area contributed by atoms with Crippen molar-refractivity contribution in [3.05, 3.63) is 70.5 Å². The summed E-state index contributed by atoms with van der Waals surface area (Å²) in [4.78, 5) is 0. The molecule has 0 saturated heterocycles. The number of benzene rings is 2. The van der Waals surface area contributed by atoms with Gasteiger partial charge in [-0.25, -0.2) is 13.2 Å². The first-order valence-electron chi connectivity index (χ1n) is 10.1. The molecule has 0 unspecified atom stereocenters. The Morgan fingerprint density at radius 3 is 2.36 bits per heavy atom. The molecule has 0 atom stereocenters. The molecule has 0 aliphatic heterocycles. The van der Waals surface area contributed by atoms with E-state index in [1.54, 1.807) is 25.1 Å². The Morgan fingerprint density at radius 2 is 1.71 bits per heavy atom. The van der Waals surface area contributed by atoms with Gasteiger partial charge < -0.3 is 4.74 Å². The summed E-state index contributed by atoms with van der Waals surface area (Å²) in [6.45, 7) is 4.19. The molecule has 0 amide bonds. The number of hydrogen-bond acceptors (Lipinski definition) is 1. The highest BCUT2D eigenvalue weighted by atomic mass is 19.2. The molecule has 1 fully saturated rings. The Kier molecular flexibility index (Phi) is 6.82. The van der Waals surface area contributed by atoms with E-state index in [0.29, 0.717) is 30.3 Å². The van der Waals surface area contributed by atoms with E-state index in [2.05, 4.69) is 0 Å². The fraction of sp³-hybridized carbons (Fsp3) is 0.417. The van der Waals surface area contributed by atoms with E-state index in [9.17, 15) is 13.2 Å². The van der Waals surface area contributed by atoms with Gasteiger partial charge in [-0.05, 0) is 68.1 Å². The van der Waals surface area contributed by atoms with E-state index in [4.69, 9.17) is 4.74 Å². The maximum Gasteiger partial charge on any atom is 0.166 e. The number of rotatable bonds is 6. The van der Waals surface area contributed by atoms with Crippen molar-refractivity contribution in [3.8, 4) is 5.75 Å². The largest absolute Gasteiger partial charge is 0.494 e. The van der Waals surface area contributed by atoms with Gasteiger partial charge in [0.2, 0.25) is 0 Å². The SMILES string of the molecule is CCOc1ccc(C2CCC(/C=C/c3ccc(CC)c(F)c3F)CC2)c(F)c1. The molecule has 1 aliphatic carbocycles. The van der Waals surface area contributed by atoms with Gasteiger partial charge in [0.1, 0.15) is 11.6 Å². The van der Waals surface area contributed by atoms with Gasteiger partial charge in [0, 0.05) is 11.6 Å². The Labute approximate surface area is 165 Å². The summed E-state index contributed by atoms with van der Waals surface area (Å²) in [6.07, 6.45) is 7.69. The molecule has 0 heterocycles. The van der Waals surface area contributed by atoms with Crippen LogP contribution in [0.25, 0.3) is 6.08 Å². The second-order valence-corrected chi connectivity index (χ2v) is 7.38. The van der Waals surface area contributed by atoms with E-state index < -0.39 is 11.6 Å². The summed E-state index contributed by atoms with van der Waals surface area (Å²) in [7, 11) is 0. The van der Waals surface area contributed by atoms with Crippen molar-refractivity contribution in [1.29, 1.82) is 0 Å². The van der Waals surface area contributed by atoms with E-state index in [0.717, 1.165) is 31.2 Å². The highest BCUT2D eigenvalue weighted by molar-refractivity contribution is 5.51. The quantitative estimate of drug-likeness (QED) is 0.515. The van der Waals surface area contributed by atoms with Gasteiger partial charge in [0.25, 0.3) is 0 Å². The van der Waals surface area contributed by atoms with Crippen LogP contribution in [0.4, 0.5) is 13.2 Å². The predicted molar refractivity (Wildman–Crippen MR) is 107 cm³/mol. The summed E-state index contributed by atoms with van der Waals surface area (Å²) in [5.74, 6) is -0.684. The monoisotopic (exact) mass is 388 g/mol. The molecule has 2 aromatic rings. The maximum absolute atomic E-state index is 14.4. The topological polar surface area (TPSA) is 9.23 Å². The molecule has 0 radical (unpaired) electrons. The van der Waals surface area contributed by atoms with Crippen molar-refractivity contribution >= 4 is 6.08 Å². The number of halogens is 3. The normalized spacial score (nSPS) is 19.9. The summed E-state index contributed by atoms with van der Waals surface area (Å²) < 4.78 is 47.8. The zero-order valence-corrected chi connectivity index (χ0v) is 16.5. The minimum absolute atomic E-state index is 0.193. The molecule has 3 rings (SSSR count). The van der Waals surface area contributed by atoms with Crippen LogP contribution in [-0.2, 0) is 6.42 Å². The van der Waals surface area contributed by atoms with Crippen molar-refractivity contribution in [2.75, 3.05) is 6.61 Å². The van der Waals surface area contributed by atoms with Gasteiger partial charge in [0.05, 0.1) is 6.61 Å². The molecule has 0 spiro atoms. The molecule has 28 heavy (non-hydrogen) atoms.